The summed E-state index contributed by atoms with van der Waals surface area (Å²) in [5, 5.41) is 1.22. The molecule has 0 bridgehead atoms. The molecule has 0 amide bonds. The number of aliphatic imine (C=N–C) groups is 1. The molecule has 2 aliphatic heterocycles. The Morgan fingerprint density at radius 3 is 2.71 bits per heavy atom. The molecule has 1 saturated heterocycles. The molecular formula is C23H30N4S. The summed E-state index contributed by atoms with van der Waals surface area (Å²) in [5.41, 5.74) is 5.40. The van der Waals surface area contributed by atoms with Gasteiger partial charge in [-0.2, -0.15) is 0 Å². The minimum absolute atomic E-state index is 0.0931. The molecule has 2 aromatic rings. The first-order chi connectivity index (χ1) is 13.7. The zero-order valence-electron chi connectivity index (χ0n) is 17.1. The Bertz CT molecular complexity index is 882. The van der Waals surface area contributed by atoms with E-state index in [-0.39, 0.29) is 12.1 Å². The second kappa shape index (κ2) is 7.25. The lowest BCUT2D eigenvalue weighted by atomic mass is 9.95. The minimum atomic E-state index is 0.0931. The molecule has 0 spiro atoms. The molecule has 5 rings (SSSR count). The Morgan fingerprint density at radius 1 is 1.18 bits per heavy atom. The lowest BCUT2D eigenvalue weighted by Crippen LogP contribution is -2.35. The van der Waals surface area contributed by atoms with Crippen LogP contribution in [0.5, 0.6) is 0 Å². The molecule has 0 N–H and O–H groups in total. The third kappa shape index (κ3) is 2.81. The van der Waals surface area contributed by atoms with Crippen molar-refractivity contribution in [3.8, 4) is 0 Å². The molecular weight excluding hydrogens is 364 g/mol. The van der Waals surface area contributed by atoms with E-state index < -0.39 is 0 Å². The number of nitrogens with zero attached hydrogens (tertiary/aromatic N) is 4. The Kier molecular flexibility index (Phi) is 4.74. The van der Waals surface area contributed by atoms with Gasteiger partial charge in [0.1, 0.15) is 6.04 Å². The molecule has 2 fully saturated rings. The molecule has 3 atom stereocenters. The van der Waals surface area contributed by atoms with Crippen LogP contribution in [-0.4, -0.2) is 31.4 Å². The first kappa shape index (κ1) is 18.3. The van der Waals surface area contributed by atoms with Gasteiger partial charge in [0.05, 0.1) is 11.7 Å². The molecule has 4 nitrogen and oxygen atoms in total. The fraction of sp³-hybridized carbons (Fsp3) is 0.565. The highest BCUT2D eigenvalue weighted by Gasteiger charge is 2.46. The van der Waals surface area contributed by atoms with Gasteiger partial charge in [-0.1, -0.05) is 37.6 Å². The van der Waals surface area contributed by atoms with Gasteiger partial charge in [0.15, 0.2) is 5.17 Å². The van der Waals surface area contributed by atoms with E-state index >= 15 is 0 Å². The highest BCUT2D eigenvalue weighted by Crippen LogP contribution is 2.50. The summed E-state index contributed by atoms with van der Waals surface area (Å²) >= 11 is 1.93. The van der Waals surface area contributed by atoms with E-state index in [9.17, 15) is 0 Å². The molecule has 5 heteroatoms. The molecule has 4 heterocycles. The van der Waals surface area contributed by atoms with Crippen molar-refractivity contribution in [3.63, 3.8) is 0 Å². The molecule has 1 aliphatic carbocycles. The number of rotatable bonds is 4. The Hall–Kier alpha value is -1.75. The van der Waals surface area contributed by atoms with Crippen LogP contribution in [0.1, 0.15) is 79.8 Å². The van der Waals surface area contributed by atoms with E-state index in [0.717, 1.165) is 11.4 Å². The standard InChI is InChI=1S/C23H30N4S/c1-4-17-14-28-23-25-21(20-11-7-8-12-24-20)22(27(17)23)19-13-15(2)26(16(19)3)18-9-5-6-10-18/h7-8,11-13,17-18,21-22H,4-6,9-10,14H2,1-3H3/t17-,21+,22+/m1/s1. The summed E-state index contributed by atoms with van der Waals surface area (Å²) in [6.07, 6.45) is 8.45. The van der Waals surface area contributed by atoms with Gasteiger partial charge in [-0.3, -0.25) is 9.98 Å². The van der Waals surface area contributed by atoms with Crippen LogP contribution in [0.25, 0.3) is 0 Å². The number of amidine groups is 1. The zero-order valence-corrected chi connectivity index (χ0v) is 18.0. The summed E-state index contributed by atoms with van der Waals surface area (Å²) in [6.45, 7) is 6.93. The van der Waals surface area contributed by atoms with Crippen molar-refractivity contribution in [2.24, 2.45) is 4.99 Å². The Labute approximate surface area is 172 Å². The lowest BCUT2D eigenvalue weighted by molar-refractivity contribution is 0.254. The zero-order chi connectivity index (χ0) is 19.3. The van der Waals surface area contributed by atoms with Crippen molar-refractivity contribution in [3.05, 3.63) is 53.1 Å². The fourth-order valence-electron chi connectivity index (χ4n) is 5.51. The second-order valence-electron chi connectivity index (χ2n) is 8.47. The Balaban J connectivity index is 1.60. The van der Waals surface area contributed by atoms with E-state index in [2.05, 4.69) is 48.4 Å². The van der Waals surface area contributed by atoms with E-state index in [4.69, 9.17) is 9.98 Å². The van der Waals surface area contributed by atoms with Crippen molar-refractivity contribution >= 4 is 16.9 Å². The first-order valence-electron chi connectivity index (χ1n) is 10.8. The average Bonchev–Trinajstić information content (AvgIpc) is 3.47. The Morgan fingerprint density at radius 2 is 2.00 bits per heavy atom. The van der Waals surface area contributed by atoms with E-state index in [1.807, 2.05) is 24.0 Å². The van der Waals surface area contributed by atoms with Crippen LogP contribution < -0.4 is 0 Å². The number of pyridine rings is 1. The van der Waals surface area contributed by atoms with Crippen LogP contribution >= 0.6 is 11.8 Å². The largest absolute Gasteiger partial charge is 0.346 e. The van der Waals surface area contributed by atoms with E-state index in [1.165, 1.54) is 54.2 Å². The van der Waals surface area contributed by atoms with Gasteiger partial charge in [0.25, 0.3) is 0 Å². The van der Waals surface area contributed by atoms with Gasteiger partial charge in [-0.05, 0) is 56.9 Å². The quantitative estimate of drug-likeness (QED) is 0.677. The van der Waals surface area contributed by atoms with Crippen molar-refractivity contribution in [2.75, 3.05) is 5.75 Å². The summed E-state index contributed by atoms with van der Waals surface area (Å²) in [7, 11) is 0. The van der Waals surface area contributed by atoms with Gasteiger partial charge < -0.3 is 9.47 Å². The number of fused-ring (bicyclic) bond motifs is 1. The van der Waals surface area contributed by atoms with Crippen LogP contribution in [0.2, 0.25) is 0 Å². The molecule has 2 aromatic heterocycles. The van der Waals surface area contributed by atoms with Gasteiger partial charge in [0, 0.05) is 35.4 Å². The molecule has 0 radical (unpaired) electrons. The number of hydrogen-bond donors (Lipinski definition) is 0. The normalized spacial score (nSPS) is 27.5. The molecule has 148 valence electrons. The molecule has 28 heavy (non-hydrogen) atoms. The summed E-state index contributed by atoms with van der Waals surface area (Å²) in [5.74, 6) is 1.15. The topological polar surface area (TPSA) is 33.4 Å². The molecule has 0 aromatic carbocycles. The van der Waals surface area contributed by atoms with Crippen molar-refractivity contribution in [1.29, 1.82) is 0 Å². The maximum absolute atomic E-state index is 5.19. The number of thioether (sulfide) groups is 1. The monoisotopic (exact) mass is 394 g/mol. The van der Waals surface area contributed by atoms with E-state index in [1.54, 1.807) is 0 Å². The molecule has 1 saturated carbocycles. The SMILES string of the molecule is CC[C@@H]1CSC2=N[C@@H](c3ccccn3)[C@H](c3cc(C)n(C4CCCC4)c3C)N21. The maximum Gasteiger partial charge on any atom is 0.160 e. The summed E-state index contributed by atoms with van der Waals surface area (Å²) in [4.78, 5) is 12.5. The summed E-state index contributed by atoms with van der Waals surface area (Å²) in [6, 6.07) is 10.3. The highest BCUT2D eigenvalue weighted by atomic mass is 32.2. The van der Waals surface area contributed by atoms with Crippen molar-refractivity contribution in [2.45, 2.75) is 77.0 Å². The highest BCUT2D eigenvalue weighted by molar-refractivity contribution is 8.14. The van der Waals surface area contributed by atoms with Gasteiger partial charge >= 0.3 is 0 Å². The molecule has 3 aliphatic rings. The van der Waals surface area contributed by atoms with Crippen molar-refractivity contribution < 1.29 is 0 Å². The number of aromatic nitrogens is 2. The number of hydrogen-bond acceptors (Lipinski definition) is 4. The first-order valence-corrected chi connectivity index (χ1v) is 11.8. The van der Waals surface area contributed by atoms with Gasteiger partial charge in [-0.15, -0.1) is 0 Å². The van der Waals surface area contributed by atoms with Crippen LogP contribution in [0.4, 0.5) is 0 Å². The second-order valence-corrected chi connectivity index (χ2v) is 9.46. The summed E-state index contributed by atoms with van der Waals surface area (Å²) < 4.78 is 2.62. The van der Waals surface area contributed by atoms with Gasteiger partial charge in [0.2, 0.25) is 0 Å². The van der Waals surface area contributed by atoms with Crippen LogP contribution in [0.15, 0.2) is 35.5 Å². The van der Waals surface area contributed by atoms with Gasteiger partial charge in [-0.25, -0.2) is 0 Å². The average molecular weight is 395 g/mol. The minimum Gasteiger partial charge on any atom is -0.346 e. The van der Waals surface area contributed by atoms with Crippen LogP contribution in [-0.2, 0) is 0 Å². The maximum atomic E-state index is 5.19. The van der Waals surface area contributed by atoms with Crippen molar-refractivity contribution in [1.82, 2.24) is 14.5 Å². The lowest BCUT2D eigenvalue weighted by Gasteiger charge is -2.32. The van der Waals surface area contributed by atoms with Crippen LogP contribution in [0, 0.1) is 13.8 Å². The predicted molar refractivity (Wildman–Crippen MR) is 117 cm³/mol. The predicted octanol–water partition coefficient (Wildman–Crippen LogP) is 5.59. The fourth-order valence-corrected chi connectivity index (χ4v) is 6.85. The number of aryl methyl sites for hydroxylation is 1. The third-order valence-corrected chi connectivity index (χ3v) is 7.99. The smallest absolute Gasteiger partial charge is 0.160 e. The molecule has 0 unspecified atom stereocenters. The van der Waals surface area contributed by atoms with Crippen LogP contribution in [0.3, 0.4) is 0 Å². The van der Waals surface area contributed by atoms with E-state index in [0.29, 0.717) is 12.1 Å². The third-order valence-electron chi connectivity index (χ3n) is 6.86.